The molecule has 1 aliphatic rings. The van der Waals surface area contributed by atoms with Crippen LogP contribution in [0.2, 0.25) is 0 Å². The zero-order valence-corrected chi connectivity index (χ0v) is 7.36. The maximum Gasteiger partial charge on any atom is 0.0442 e. The Bertz CT molecular complexity index is 132. The molecule has 0 amide bonds. The first-order valence-electron chi connectivity index (χ1n) is 3.84. The second-order valence-corrected chi connectivity index (χ2v) is 3.53. The van der Waals surface area contributed by atoms with E-state index < -0.39 is 0 Å². The van der Waals surface area contributed by atoms with Crippen LogP contribution in [0.25, 0.3) is 0 Å². The molecule has 0 atom stereocenters. The predicted octanol–water partition coefficient (Wildman–Crippen LogP) is 2.48. The molecule has 1 nitrogen and oxygen atoms in total. The number of aliphatic imine (C=N–C) groups is 1. The van der Waals surface area contributed by atoms with Crippen LogP contribution >= 0.6 is 11.6 Å². The fraction of sp³-hybridized carbons (Fsp3) is 0.875. The first kappa shape index (κ1) is 8.06. The number of hydrogen-bond acceptors (Lipinski definition) is 1. The molecule has 58 valence electrons. The van der Waals surface area contributed by atoms with Crippen molar-refractivity contribution in [1.82, 2.24) is 0 Å². The lowest BCUT2D eigenvalue weighted by Gasteiger charge is -2.26. The normalized spacial score (nSPS) is 24.8. The molecule has 0 heterocycles. The smallest absolute Gasteiger partial charge is 0.0442 e. The molecular formula is C8H14ClN. The van der Waals surface area contributed by atoms with Gasteiger partial charge in [0.1, 0.15) is 0 Å². The van der Waals surface area contributed by atoms with E-state index >= 15 is 0 Å². The molecule has 1 rings (SSSR count). The van der Waals surface area contributed by atoms with Crippen LogP contribution in [0.15, 0.2) is 4.99 Å². The van der Waals surface area contributed by atoms with E-state index in [0.29, 0.717) is 6.04 Å². The van der Waals surface area contributed by atoms with Crippen molar-refractivity contribution in [2.75, 3.05) is 5.88 Å². The van der Waals surface area contributed by atoms with Crippen LogP contribution in [-0.4, -0.2) is 17.6 Å². The zero-order chi connectivity index (χ0) is 7.56. The minimum absolute atomic E-state index is 0.464. The average molecular weight is 160 g/mol. The Labute approximate surface area is 67.5 Å². The first-order valence-corrected chi connectivity index (χ1v) is 4.37. The summed E-state index contributed by atoms with van der Waals surface area (Å²) in [6, 6.07) is 0.464. The average Bonchev–Trinajstić information content (AvgIpc) is 1.76. The molecule has 0 N–H and O–H groups in total. The van der Waals surface area contributed by atoms with Gasteiger partial charge in [-0.15, -0.1) is 11.6 Å². The third-order valence-corrected chi connectivity index (χ3v) is 2.14. The van der Waals surface area contributed by atoms with Gasteiger partial charge in [0, 0.05) is 17.6 Å². The van der Waals surface area contributed by atoms with Crippen molar-refractivity contribution in [2.24, 2.45) is 10.9 Å². The van der Waals surface area contributed by atoms with Crippen molar-refractivity contribution >= 4 is 17.3 Å². The number of nitrogens with zero attached hydrogens (tertiary/aromatic N) is 1. The lowest BCUT2D eigenvalue weighted by atomic mass is 9.84. The van der Waals surface area contributed by atoms with Crippen molar-refractivity contribution < 1.29 is 0 Å². The van der Waals surface area contributed by atoms with Crippen molar-refractivity contribution in [2.45, 2.75) is 32.7 Å². The summed E-state index contributed by atoms with van der Waals surface area (Å²) in [6.07, 6.45) is 2.28. The highest BCUT2D eigenvalue weighted by atomic mass is 35.5. The van der Waals surface area contributed by atoms with Crippen LogP contribution in [0.4, 0.5) is 0 Å². The standard InChI is InChI=1S/C8H14ClN/c1-6(2)10-8-3-7(4-8)5-9/h6-7H,3-5H2,1-2H3. The van der Waals surface area contributed by atoms with Gasteiger partial charge in [-0.05, 0) is 32.6 Å². The van der Waals surface area contributed by atoms with Crippen molar-refractivity contribution in [3.05, 3.63) is 0 Å². The van der Waals surface area contributed by atoms with Crippen LogP contribution < -0.4 is 0 Å². The molecule has 0 aliphatic heterocycles. The van der Waals surface area contributed by atoms with Gasteiger partial charge in [-0.2, -0.15) is 0 Å². The predicted molar refractivity (Wildman–Crippen MR) is 46.0 cm³/mol. The third-order valence-electron chi connectivity index (χ3n) is 1.71. The largest absolute Gasteiger partial charge is 0.291 e. The number of hydrogen-bond donors (Lipinski definition) is 0. The van der Waals surface area contributed by atoms with Crippen LogP contribution in [0.3, 0.4) is 0 Å². The molecule has 1 saturated carbocycles. The Hall–Kier alpha value is -0.0400. The molecular weight excluding hydrogens is 146 g/mol. The first-order chi connectivity index (χ1) is 4.72. The van der Waals surface area contributed by atoms with Crippen LogP contribution in [0.1, 0.15) is 26.7 Å². The summed E-state index contributed by atoms with van der Waals surface area (Å²) < 4.78 is 0. The van der Waals surface area contributed by atoms with E-state index in [1.165, 1.54) is 5.71 Å². The molecule has 10 heavy (non-hydrogen) atoms. The Morgan fingerprint density at radius 1 is 1.60 bits per heavy atom. The van der Waals surface area contributed by atoms with Crippen molar-refractivity contribution in [1.29, 1.82) is 0 Å². The zero-order valence-electron chi connectivity index (χ0n) is 6.60. The van der Waals surface area contributed by atoms with Gasteiger partial charge in [0.2, 0.25) is 0 Å². The monoisotopic (exact) mass is 159 g/mol. The van der Waals surface area contributed by atoms with E-state index in [-0.39, 0.29) is 0 Å². The van der Waals surface area contributed by atoms with Crippen LogP contribution in [-0.2, 0) is 0 Å². The van der Waals surface area contributed by atoms with Gasteiger partial charge in [0.05, 0.1) is 0 Å². The van der Waals surface area contributed by atoms with E-state index in [0.717, 1.165) is 24.6 Å². The maximum atomic E-state index is 5.65. The molecule has 0 spiro atoms. The molecule has 0 saturated heterocycles. The quantitative estimate of drug-likeness (QED) is 0.549. The third kappa shape index (κ3) is 1.98. The summed E-state index contributed by atoms with van der Waals surface area (Å²) in [5.74, 6) is 1.52. The summed E-state index contributed by atoms with van der Waals surface area (Å²) in [4.78, 5) is 4.44. The highest BCUT2D eigenvalue weighted by molar-refractivity contribution is 6.18. The summed E-state index contributed by atoms with van der Waals surface area (Å²) in [7, 11) is 0. The summed E-state index contributed by atoms with van der Waals surface area (Å²) in [6.45, 7) is 4.22. The highest BCUT2D eigenvalue weighted by Gasteiger charge is 2.23. The van der Waals surface area contributed by atoms with Gasteiger partial charge in [0.15, 0.2) is 0 Å². The highest BCUT2D eigenvalue weighted by Crippen LogP contribution is 2.25. The molecule has 0 aromatic carbocycles. The second-order valence-electron chi connectivity index (χ2n) is 3.22. The number of rotatable bonds is 2. The fourth-order valence-electron chi connectivity index (χ4n) is 1.19. The summed E-state index contributed by atoms with van der Waals surface area (Å²) >= 11 is 5.65. The SMILES string of the molecule is CC(C)N=C1CC(CCl)C1. The van der Waals surface area contributed by atoms with Gasteiger partial charge in [-0.1, -0.05) is 0 Å². The van der Waals surface area contributed by atoms with Crippen LogP contribution in [0.5, 0.6) is 0 Å². The van der Waals surface area contributed by atoms with Crippen molar-refractivity contribution in [3.63, 3.8) is 0 Å². The minimum atomic E-state index is 0.464. The Kier molecular flexibility index (Phi) is 2.72. The van der Waals surface area contributed by atoms with Crippen molar-refractivity contribution in [3.8, 4) is 0 Å². The van der Waals surface area contributed by atoms with Crippen LogP contribution in [0, 0.1) is 5.92 Å². The van der Waals surface area contributed by atoms with E-state index in [1.54, 1.807) is 0 Å². The molecule has 0 radical (unpaired) electrons. The Morgan fingerprint density at radius 3 is 2.60 bits per heavy atom. The van der Waals surface area contributed by atoms with Gasteiger partial charge in [-0.25, -0.2) is 0 Å². The molecule has 0 aromatic heterocycles. The number of alkyl halides is 1. The lowest BCUT2D eigenvalue weighted by molar-refractivity contribution is 0.554. The molecule has 0 aromatic rings. The Balaban J connectivity index is 2.25. The maximum absolute atomic E-state index is 5.65. The van der Waals surface area contributed by atoms with E-state index in [4.69, 9.17) is 11.6 Å². The molecule has 0 bridgehead atoms. The number of halogens is 1. The van der Waals surface area contributed by atoms with E-state index in [1.807, 2.05) is 0 Å². The second kappa shape index (κ2) is 3.38. The van der Waals surface area contributed by atoms with Gasteiger partial charge in [-0.3, -0.25) is 4.99 Å². The summed E-state index contributed by atoms with van der Waals surface area (Å²) in [5, 5.41) is 0. The molecule has 0 unspecified atom stereocenters. The molecule has 2 heteroatoms. The molecule has 1 fully saturated rings. The minimum Gasteiger partial charge on any atom is -0.291 e. The molecule has 1 aliphatic carbocycles. The fourth-order valence-corrected chi connectivity index (χ4v) is 1.40. The lowest BCUT2D eigenvalue weighted by Crippen LogP contribution is -2.25. The van der Waals surface area contributed by atoms with E-state index in [9.17, 15) is 0 Å². The summed E-state index contributed by atoms with van der Waals surface area (Å²) in [5.41, 5.74) is 1.36. The Morgan fingerprint density at radius 2 is 2.20 bits per heavy atom. The van der Waals surface area contributed by atoms with Gasteiger partial charge >= 0.3 is 0 Å². The van der Waals surface area contributed by atoms with E-state index in [2.05, 4.69) is 18.8 Å². The van der Waals surface area contributed by atoms with Gasteiger partial charge in [0.25, 0.3) is 0 Å². The van der Waals surface area contributed by atoms with Gasteiger partial charge < -0.3 is 0 Å². The topological polar surface area (TPSA) is 12.4 Å².